The summed E-state index contributed by atoms with van der Waals surface area (Å²) in [4.78, 5) is 15.9. The minimum Gasteiger partial charge on any atom is -0.398 e. The molecule has 0 radical (unpaired) electrons. The van der Waals surface area contributed by atoms with Crippen LogP contribution in [0.25, 0.3) is 0 Å². The van der Waals surface area contributed by atoms with Crippen molar-refractivity contribution < 1.29 is 9.18 Å². The molecule has 2 rings (SSSR count). The highest BCUT2D eigenvalue weighted by molar-refractivity contribution is 9.10. The van der Waals surface area contributed by atoms with Gasteiger partial charge in [0.25, 0.3) is 0 Å². The first kappa shape index (κ1) is 12.7. The first-order chi connectivity index (χ1) is 8.58. The highest BCUT2D eigenvalue weighted by atomic mass is 79.9. The summed E-state index contributed by atoms with van der Waals surface area (Å²) < 4.78 is 14.2. The van der Waals surface area contributed by atoms with Crippen molar-refractivity contribution >= 4 is 27.4 Å². The third-order valence-corrected chi connectivity index (χ3v) is 3.02. The summed E-state index contributed by atoms with van der Waals surface area (Å²) in [6.07, 6.45) is 3.10. The van der Waals surface area contributed by atoms with Crippen LogP contribution in [0.4, 0.5) is 10.1 Å². The summed E-state index contributed by atoms with van der Waals surface area (Å²) in [7, 11) is 0. The Morgan fingerprint density at radius 2 is 2.17 bits per heavy atom. The second-order valence-electron chi connectivity index (χ2n) is 3.80. The number of carbonyl (C=O) groups is 1. The normalized spacial score (nSPS) is 10.3. The molecule has 0 atom stereocenters. The van der Waals surface area contributed by atoms with Gasteiger partial charge < -0.3 is 5.73 Å². The van der Waals surface area contributed by atoms with E-state index in [1.54, 1.807) is 18.3 Å². The van der Waals surface area contributed by atoms with Crippen LogP contribution in [0.2, 0.25) is 0 Å². The smallest absolute Gasteiger partial charge is 0.170 e. The monoisotopic (exact) mass is 308 g/mol. The maximum atomic E-state index is 13.6. The molecule has 0 aliphatic heterocycles. The molecule has 0 aliphatic rings. The Morgan fingerprint density at radius 1 is 1.39 bits per heavy atom. The van der Waals surface area contributed by atoms with Crippen molar-refractivity contribution in [2.75, 3.05) is 5.73 Å². The number of benzene rings is 1. The topological polar surface area (TPSA) is 56.0 Å². The number of nitrogens with two attached hydrogens (primary N) is 1. The predicted molar refractivity (Wildman–Crippen MR) is 70.8 cm³/mol. The number of ketones is 1. The summed E-state index contributed by atoms with van der Waals surface area (Å²) in [5.74, 6) is -0.864. The van der Waals surface area contributed by atoms with Gasteiger partial charge in [0.15, 0.2) is 5.78 Å². The number of aromatic nitrogens is 1. The quantitative estimate of drug-likeness (QED) is 0.887. The van der Waals surface area contributed by atoms with Crippen LogP contribution in [0.3, 0.4) is 0 Å². The molecule has 1 aromatic heterocycles. The summed E-state index contributed by atoms with van der Waals surface area (Å²) in [5, 5.41) is 0. The SMILES string of the molecule is Nc1ccncc1CC(=O)c1ccc(Br)cc1F. The number of nitrogens with zero attached hydrogens (tertiary/aromatic N) is 1. The molecule has 0 aliphatic carbocycles. The van der Waals surface area contributed by atoms with E-state index in [0.717, 1.165) is 0 Å². The van der Waals surface area contributed by atoms with E-state index in [-0.39, 0.29) is 17.8 Å². The van der Waals surface area contributed by atoms with Crippen LogP contribution in [-0.4, -0.2) is 10.8 Å². The molecule has 2 N–H and O–H groups in total. The molecule has 0 bridgehead atoms. The molecule has 0 fully saturated rings. The van der Waals surface area contributed by atoms with E-state index in [9.17, 15) is 9.18 Å². The summed E-state index contributed by atoms with van der Waals surface area (Å²) in [6, 6.07) is 5.96. The minimum atomic E-state index is -0.545. The first-order valence-electron chi connectivity index (χ1n) is 5.24. The van der Waals surface area contributed by atoms with Crippen LogP contribution < -0.4 is 5.73 Å². The third kappa shape index (κ3) is 2.73. The zero-order valence-electron chi connectivity index (χ0n) is 9.36. The Labute approximate surface area is 112 Å². The second-order valence-corrected chi connectivity index (χ2v) is 4.71. The Kier molecular flexibility index (Phi) is 3.72. The number of hydrogen-bond acceptors (Lipinski definition) is 3. The van der Waals surface area contributed by atoms with Gasteiger partial charge in [-0.2, -0.15) is 0 Å². The lowest BCUT2D eigenvalue weighted by molar-refractivity contribution is 0.0989. The average Bonchev–Trinajstić information content (AvgIpc) is 2.32. The van der Waals surface area contributed by atoms with Crippen molar-refractivity contribution in [3.05, 3.63) is 58.1 Å². The number of halogens is 2. The summed E-state index contributed by atoms with van der Waals surface area (Å²) in [5.41, 5.74) is 6.86. The summed E-state index contributed by atoms with van der Waals surface area (Å²) >= 11 is 3.14. The van der Waals surface area contributed by atoms with Gasteiger partial charge in [-0.3, -0.25) is 9.78 Å². The van der Waals surface area contributed by atoms with Gasteiger partial charge in [0.2, 0.25) is 0 Å². The van der Waals surface area contributed by atoms with Crippen LogP contribution in [0.1, 0.15) is 15.9 Å². The van der Waals surface area contributed by atoms with Crippen molar-refractivity contribution in [1.29, 1.82) is 0 Å². The Bertz CT molecular complexity index is 601. The van der Waals surface area contributed by atoms with Crippen molar-refractivity contribution in [2.45, 2.75) is 6.42 Å². The van der Waals surface area contributed by atoms with Gasteiger partial charge in [-0.1, -0.05) is 15.9 Å². The van der Waals surface area contributed by atoms with Gasteiger partial charge in [0.1, 0.15) is 5.82 Å². The van der Waals surface area contributed by atoms with Crippen molar-refractivity contribution in [3.8, 4) is 0 Å². The zero-order valence-corrected chi connectivity index (χ0v) is 10.9. The Hall–Kier alpha value is -1.75. The van der Waals surface area contributed by atoms with Gasteiger partial charge in [-0.25, -0.2) is 4.39 Å². The van der Waals surface area contributed by atoms with Gasteiger partial charge in [0.05, 0.1) is 5.56 Å². The number of carbonyl (C=O) groups excluding carboxylic acids is 1. The largest absolute Gasteiger partial charge is 0.398 e. The van der Waals surface area contributed by atoms with Gasteiger partial charge in [-0.05, 0) is 24.3 Å². The molecular weight excluding hydrogens is 299 g/mol. The lowest BCUT2D eigenvalue weighted by Gasteiger charge is -2.05. The fourth-order valence-electron chi connectivity index (χ4n) is 1.57. The zero-order chi connectivity index (χ0) is 13.1. The van der Waals surface area contributed by atoms with E-state index in [1.165, 1.54) is 18.3 Å². The average molecular weight is 309 g/mol. The molecule has 5 heteroatoms. The fraction of sp³-hybridized carbons (Fsp3) is 0.0769. The molecule has 18 heavy (non-hydrogen) atoms. The van der Waals surface area contributed by atoms with E-state index in [4.69, 9.17) is 5.73 Å². The maximum Gasteiger partial charge on any atom is 0.170 e. The van der Waals surface area contributed by atoms with Gasteiger partial charge >= 0.3 is 0 Å². The van der Waals surface area contributed by atoms with Crippen molar-refractivity contribution in [3.63, 3.8) is 0 Å². The van der Waals surface area contributed by atoms with E-state index >= 15 is 0 Å². The third-order valence-electron chi connectivity index (χ3n) is 2.52. The first-order valence-corrected chi connectivity index (χ1v) is 6.04. The lowest BCUT2D eigenvalue weighted by atomic mass is 10.0. The van der Waals surface area contributed by atoms with E-state index in [0.29, 0.717) is 15.7 Å². The van der Waals surface area contributed by atoms with Crippen LogP contribution in [-0.2, 0) is 6.42 Å². The number of Topliss-reactive ketones (excluding diaryl/α,β-unsaturated/α-hetero) is 1. The van der Waals surface area contributed by atoms with Crippen molar-refractivity contribution in [2.24, 2.45) is 0 Å². The standard InChI is InChI=1S/C13H10BrFN2O/c14-9-1-2-10(11(15)6-9)13(18)5-8-7-17-4-3-12(8)16/h1-4,6-7H,5H2,(H2,16,17). The Balaban J connectivity index is 2.25. The number of nitrogen functional groups attached to an aromatic ring is 1. The molecule has 0 unspecified atom stereocenters. The highest BCUT2D eigenvalue weighted by Crippen LogP contribution is 2.18. The predicted octanol–water partition coefficient (Wildman–Crippen LogP) is 2.99. The molecule has 0 saturated heterocycles. The highest BCUT2D eigenvalue weighted by Gasteiger charge is 2.13. The minimum absolute atomic E-state index is 0.0399. The second kappa shape index (κ2) is 5.27. The maximum absolute atomic E-state index is 13.6. The molecular formula is C13H10BrFN2O. The fourth-order valence-corrected chi connectivity index (χ4v) is 1.90. The van der Waals surface area contributed by atoms with Crippen LogP contribution in [0.5, 0.6) is 0 Å². The number of anilines is 1. The lowest BCUT2D eigenvalue weighted by Crippen LogP contribution is -2.08. The van der Waals surface area contributed by atoms with Crippen LogP contribution >= 0.6 is 15.9 Å². The number of pyridine rings is 1. The molecule has 1 heterocycles. The molecule has 0 saturated carbocycles. The van der Waals surface area contributed by atoms with Gasteiger partial charge in [0, 0.05) is 34.5 Å². The molecule has 0 amide bonds. The van der Waals surface area contributed by atoms with E-state index in [1.807, 2.05) is 0 Å². The van der Waals surface area contributed by atoms with E-state index in [2.05, 4.69) is 20.9 Å². The van der Waals surface area contributed by atoms with Crippen LogP contribution in [0.15, 0.2) is 41.1 Å². The molecule has 1 aromatic carbocycles. The molecule has 92 valence electrons. The van der Waals surface area contributed by atoms with Crippen LogP contribution in [0, 0.1) is 5.82 Å². The number of hydrogen-bond donors (Lipinski definition) is 1. The van der Waals surface area contributed by atoms with E-state index < -0.39 is 5.82 Å². The molecule has 0 spiro atoms. The number of rotatable bonds is 3. The van der Waals surface area contributed by atoms with Gasteiger partial charge in [-0.15, -0.1) is 0 Å². The molecule has 2 aromatic rings. The summed E-state index contributed by atoms with van der Waals surface area (Å²) in [6.45, 7) is 0. The Morgan fingerprint density at radius 3 is 2.83 bits per heavy atom. The van der Waals surface area contributed by atoms with Crippen molar-refractivity contribution in [1.82, 2.24) is 4.98 Å². The molecule has 3 nitrogen and oxygen atoms in total.